The highest BCUT2D eigenvalue weighted by Crippen LogP contribution is 1.98. The van der Waals surface area contributed by atoms with Gasteiger partial charge in [0.1, 0.15) is 0 Å². The molecule has 0 bridgehead atoms. The number of carbonyl (C=O) groups is 2. The summed E-state index contributed by atoms with van der Waals surface area (Å²) in [7, 11) is 3.34. The van der Waals surface area contributed by atoms with E-state index in [-0.39, 0.29) is 24.9 Å². The number of likely N-dealkylation sites (N-methyl/N-ethyl adjacent to an activating group) is 2. The van der Waals surface area contributed by atoms with Gasteiger partial charge in [-0.2, -0.15) is 0 Å². The Morgan fingerprint density at radius 1 is 1.31 bits per heavy atom. The molecule has 0 aromatic rings. The molecule has 0 unspecified atom stereocenters. The maximum absolute atomic E-state index is 11.8. The summed E-state index contributed by atoms with van der Waals surface area (Å²) in [5.41, 5.74) is 0. The van der Waals surface area contributed by atoms with Gasteiger partial charge in [0.2, 0.25) is 11.8 Å². The number of nitrogens with one attached hydrogen (secondary N) is 1. The number of ether oxygens (including phenoxy) is 1. The van der Waals surface area contributed by atoms with Crippen molar-refractivity contribution in [1.29, 1.82) is 0 Å². The van der Waals surface area contributed by atoms with E-state index in [4.69, 9.17) is 4.74 Å². The molecule has 0 spiro atoms. The van der Waals surface area contributed by atoms with Gasteiger partial charge in [0.15, 0.2) is 0 Å². The molecule has 92 valence electrons. The van der Waals surface area contributed by atoms with Crippen molar-refractivity contribution in [3.63, 3.8) is 0 Å². The van der Waals surface area contributed by atoms with Gasteiger partial charge >= 0.3 is 0 Å². The Kier molecular flexibility index (Phi) is 5.21. The normalized spacial score (nSPS) is 16.3. The van der Waals surface area contributed by atoms with Crippen molar-refractivity contribution in [2.45, 2.75) is 0 Å². The van der Waals surface area contributed by atoms with Crippen molar-refractivity contribution in [3.8, 4) is 0 Å². The van der Waals surface area contributed by atoms with E-state index in [2.05, 4.69) is 5.32 Å². The van der Waals surface area contributed by atoms with E-state index in [0.29, 0.717) is 26.3 Å². The standard InChI is InChI=1S/C10H19N3O3/c1-11-9(14)7-12(2)8-10(15)13-3-5-16-6-4-13/h3-8H2,1-2H3,(H,11,14). The Hall–Kier alpha value is -1.14. The topological polar surface area (TPSA) is 61.9 Å². The number of hydrogen-bond acceptors (Lipinski definition) is 4. The first-order valence-electron chi connectivity index (χ1n) is 5.38. The minimum atomic E-state index is -0.0859. The van der Waals surface area contributed by atoms with Crippen LogP contribution in [0.4, 0.5) is 0 Å². The molecule has 1 aliphatic rings. The van der Waals surface area contributed by atoms with E-state index in [1.165, 1.54) is 0 Å². The van der Waals surface area contributed by atoms with Crippen molar-refractivity contribution < 1.29 is 14.3 Å². The van der Waals surface area contributed by atoms with E-state index in [1.807, 2.05) is 0 Å². The van der Waals surface area contributed by atoms with Gasteiger partial charge in [0.25, 0.3) is 0 Å². The number of hydrogen-bond donors (Lipinski definition) is 1. The fourth-order valence-corrected chi connectivity index (χ4v) is 1.52. The second kappa shape index (κ2) is 6.44. The molecule has 0 radical (unpaired) electrons. The van der Waals surface area contributed by atoms with Crippen LogP contribution in [-0.2, 0) is 14.3 Å². The second-order valence-corrected chi connectivity index (χ2v) is 3.84. The first-order valence-corrected chi connectivity index (χ1v) is 5.38. The van der Waals surface area contributed by atoms with Crippen LogP contribution in [0.15, 0.2) is 0 Å². The summed E-state index contributed by atoms with van der Waals surface area (Å²) in [6, 6.07) is 0. The van der Waals surface area contributed by atoms with Gasteiger partial charge in [-0.1, -0.05) is 0 Å². The SMILES string of the molecule is CNC(=O)CN(C)CC(=O)N1CCOCC1. The lowest BCUT2D eigenvalue weighted by Gasteiger charge is -2.28. The molecule has 1 rings (SSSR count). The highest BCUT2D eigenvalue weighted by atomic mass is 16.5. The summed E-state index contributed by atoms with van der Waals surface area (Å²) >= 11 is 0. The third-order valence-corrected chi connectivity index (χ3v) is 2.46. The third kappa shape index (κ3) is 4.16. The number of amides is 2. The molecule has 0 saturated carbocycles. The molecule has 1 N–H and O–H groups in total. The molecule has 1 heterocycles. The van der Waals surface area contributed by atoms with Crippen LogP contribution in [0.25, 0.3) is 0 Å². The van der Waals surface area contributed by atoms with Crippen LogP contribution in [0.3, 0.4) is 0 Å². The molecule has 0 aliphatic carbocycles. The maximum Gasteiger partial charge on any atom is 0.236 e. The molecule has 0 aromatic heterocycles. The van der Waals surface area contributed by atoms with Gasteiger partial charge < -0.3 is 15.0 Å². The molecule has 6 nitrogen and oxygen atoms in total. The molecule has 2 amide bonds. The quantitative estimate of drug-likeness (QED) is 0.639. The zero-order chi connectivity index (χ0) is 12.0. The average molecular weight is 229 g/mol. The Morgan fingerprint density at radius 2 is 1.94 bits per heavy atom. The lowest BCUT2D eigenvalue weighted by molar-refractivity contribution is -0.136. The predicted molar refractivity (Wildman–Crippen MR) is 59.0 cm³/mol. The van der Waals surface area contributed by atoms with Gasteiger partial charge in [0, 0.05) is 20.1 Å². The van der Waals surface area contributed by atoms with Crippen LogP contribution in [0.5, 0.6) is 0 Å². The summed E-state index contributed by atoms with van der Waals surface area (Å²) in [5, 5.41) is 2.52. The molecule has 1 saturated heterocycles. The minimum absolute atomic E-state index is 0.0507. The number of morpholine rings is 1. The lowest BCUT2D eigenvalue weighted by atomic mass is 10.3. The van der Waals surface area contributed by atoms with E-state index in [0.717, 1.165) is 0 Å². The van der Waals surface area contributed by atoms with Crippen LogP contribution in [0.2, 0.25) is 0 Å². The van der Waals surface area contributed by atoms with E-state index in [1.54, 1.807) is 23.9 Å². The fraction of sp³-hybridized carbons (Fsp3) is 0.800. The largest absolute Gasteiger partial charge is 0.378 e. The zero-order valence-electron chi connectivity index (χ0n) is 9.86. The van der Waals surface area contributed by atoms with Gasteiger partial charge in [0.05, 0.1) is 26.3 Å². The lowest BCUT2D eigenvalue weighted by Crippen LogP contribution is -2.46. The van der Waals surface area contributed by atoms with Crippen molar-refractivity contribution in [1.82, 2.24) is 15.1 Å². The average Bonchev–Trinajstić information content (AvgIpc) is 2.29. The van der Waals surface area contributed by atoms with E-state index in [9.17, 15) is 9.59 Å². The summed E-state index contributed by atoms with van der Waals surface area (Å²) < 4.78 is 5.17. The molecule has 0 atom stereocenters. The Labute approximate surface area is 95.5 Å². The number of carbonyl (C=O) groups excluding carboxylic acids is 2. The highest BCUT2D eigenvalue weighted by molar-refractivity contribution is 5.81. The molecule has 0 aromatic carbocycles. The van der Waals surface area contributed by atoms with Crippen LogP contribution < -0.4 is 5.32 Å². The Morgan fingerprint density at radius 3 is 2.50 bits per heavy atom. The zero-order valence-corrected chi connectivity index (χ0v) is 9.86. The summed E-state index contributed by atoms with van der Waals surface area (Å²) in [6.45, 7) is 3.01. The van der Waals surface area contributed by atoms with Crippen molar-refractivity contribution in [2.24, 2.45) is 0 Å². The smallest absolute Gasteiger partial charge is 0.236 e. The summed E-state index contributed by atoms with van der Waals surface area (Å²) in [5.74, 6) is -0.0352. The van der Waals surface area contributed by atoms with Crippen LogP contribution in [0.1, 0.15) is 0 Å². The number of nitrogens with zero attached hydrogens (tertiary/aromatic N) is 2. The molecule has 1 fully saturated rings. The van der Waals surface area contributed by atoms with Gasteiger partial charge in [-0.15, -0.1) is 0 Å². The van der Waals surface area contributed by atoms with Gasteiger partial charge in [-0.05, 0) is 7.05 Å². The Bertz CT molecular complexity index is 252. The monoisotopic (exact) mass is 229 g/mol. The number of rotatable bonds is 4. The van der Waals surface area contributed by atoms with Crippen molar-refractivity contribution in [2.75, 3.05) is 53.5 Å². The maximum atomic E-state index is 11.8. The van der Waals surface area contributed by atoms with E-state index >= 15 is 0 Å². The fourth-order valence-electron chi connectivity index (χ4n) is 1.52. The molecule has 16 heavy (non-hydrogen) atoms. The van der Waals surface area contributed by atoms with E-state index < -0.39 is 0 Å². The van der Waals surface area contributed by atoms with Crippen molar-refractivity contribution in [3.05, 3.63) is 0 Å². The third-order valence-electron chi connectivity index (χ3n) is 2.46. The van der Waals surface area contributed by atoms with Gasteiger partial charge in [-0.25, -0.2) is 0 Å². The van der Waals surface area contributed by atoms with Gasteiger partial charge in [-0.3, -0.25) is 14.5 Å². The molecule has 6 heteroatoms. The highest BCUT2D eigenvalue weighted by Gasteiger charge is 2.18. The first-order chi connectivity index (χ1) is 7.63. The summed E-state index contributed by atoms with van der Waals surface area (Å²) in [6.07, 6.45) is 0. The second-order valence-electron chi connectivity index (χ2n) is 3.84. The minimum Gasteiger partial charge on any atom is -0.378 e. The van der Waals surface area contributed by atoms with Crippen LogP contribution in [0, 0.1) is 0 Å². The Balaban J connectivity index is 2.29. The van der Waals surface area contributed by atoms with Crippen LogP contribution >= 0.6 is 0 Å². The van der Waals surface area contributed by atoms with Crippen molar-refractivity contribution >= 4 is 11.8 Å². The molecule has 1 aliphatic heterocycles. The first kappa shape index (κ1) is 12.9. The predicted octanol–water partition coefficient (Wildman–Crippen LogP) is -1.48. The molecular formula is C10H19N3O3. The summed E-state index contributed by atoms with van der Waals surface area (Å²) in [4.78, 5) is 26.3. The van der Waals surface area contributed by atoms with Crippen LogP contribution in [-0.4, -0.2) is 75.1 Å². The molecular weight excluding hydrogens is 210 g/mol.